The van der Waals surface area contributed by atoms with E-state index in [0.717, 1.165) is 38.0 Å². The fraction of sp³-hybridized carbons (Fsp3) is 0.500. The second kappa shape index (κ2) is 5.26. The zero-order valence-electron chi connectivity index (χ0n) is 9.74. The van der Waals surface area contributed by atoms with Crippen molar-refractivity contribution in [1.82, 2.24) is 0 Å². The fourth-order valence-electron chi connectivity index (χ4n) is 2.30. The predicted molar refractivity (Wildman–Crippen MR) is 63.7 cm³/mol. The lowest BCUT2D eigenvalue weighted by atomic mass is 9.89. The first-order chi connectivity index (χ1) is 7.77. The van der Waals surface area contributed by atoms with Crippen LogP contribution in [0.2, 0.25) is 0 Å². The molecule has 1 aliphatic rings. The van der Waals surface area contributed by atoms with Gasteiger partial charge >= 0.3 is 0 Å². The molecule has 0 unspecified atom stereocenters. The van der Waals surface area contributed by atoms with Crippen molar-refractivity contribution < 1.29 is 9.53 Å². The molecule has 0 aromatic heterocycles. The Morgan fingerprint density at radius 2 is 2.00 bits per heavy atom. The van der Waals surface area contributed by atoms with Gasteiger partial charge in [-0.2, -0.15) is 0 Å². The Morgan fingerprint density at radius 3 is 2.69 bits per heavy atom. The van der Waals surface area contributed by atoms with Gasteiger partial charge in [0.05, 0.1) is 0 Å². The smallest absolute Gasteiger partial charge is 0.160 e. The van der Waals surface area contributed by atoms with Gasteiger partial charge in [0, 0.05) is 18.8 Å². The third kappa shape index (κ3) is 2.70. The minimum absolute atomic E-state index is 0.169. The highest BCUT2D eigenvalue weighted by Crippen LogP contribution is 2.22. The van der Waals surface area contributed by atoms with Crippen LogP contribution in [0, 0.1) is 5.92 Å². The lowest BCUT2D eigenvalue weighted by Crippen LogP contribution is -2.18. The van der Waals surface area contributed by atoms with Crippen molar-refractivity contribution in [2.24, 2.45) is 5.92 Å². The van der Waals surface area contributed by atoms with Crippen LogP contribution in [0.5, 0.6) is 0 Å². The minimum Gasteiger partial charge on any atom is -0.381 e. The van der Waals surface area contributed by atoms with E-state index in [-0.39, 0.29) is 5.78 Å². The number of benzene rings is 1. The van der Waals surface area contributed by atoms with Crippen molar-refractivity contribution in [2.75, 3.05) is 13.2 Å². The Morgan fingerprint density at radius 1 is 1.31 bits per heavy atom. The first kappa shape index (κ1) is 11.3. The molecular weight excluding hydrogens is 200 g/mol. The molecule has 0 atom stereocenters. The van der Waals surface area contributed by atoms with Gasteiger partial charge in [-0.1, -0.05) is 24.3 Å². The summed E-state index contributed by atoms with van der Waals surface area (Å²) < 4.78 is 5.35. The lowest BCUT2D eigenvalue weighted by Gasteiger charge is -2.22. The van der Waals surface area contributed by atoms with Gasteiger partial charge in [-0.15, -0.1) is 0 Å². The van der Waals surface area contributed by atoms with Crippen LogP contribution in [-0.4, -0.2) is 19.0 Å². The quantitative estimate of drug-likeness (QED) is 0.729. The van der Waals surface area contributed by atoms with E-state index in [2.05, 4.69) is 6.07 Å². The number of hydrogen-bond donors (Lipinski definition) is 0. The molecule has 1 fully saturated rings. The maximum Gasteiger partial charge on any atom is 0.160 e. The number of ketones is 1. The van der Waals surface area contributed by atoms with Gasteiger partial charge in [-0.3, -0.25) is 4.79 Å². The van der Waals surface area contributed by atoms with E-state index in [9.17, 15) is 4.79 Å². The monoisotopic (exact) mass is 218 g/mol. The van der Waals surface area contributed by atoms with Gasteiger partial charge in [0.1, 0.15) is 0 Å². The molecule has 2 heteroatoms. The van der Waals surface area contributed by atoms with E-state index in [1.807, 2.05) is 18.2 Å². The first-order valence-corrected chi connectivity index (χ1v) is 5.94. The molecule has 0 saturated carbocycles. The number of carbonyl (C=O) groups is 1. The standard InChI is InChI=1S/C14H18O2/c1-11(15)14-5-3-2-4-13(14)10-12-6-8-16-9-7-12/h2-5,12H,6-10H2,1H3. The molecule has 16 heavy (non-hydrogen) atoms. The Balaban J connectivity index is 2.10. The summed E-state index contributed by atoms with van der Waals surface area (Å²) in [5, 5.41) is 0. The Kier molecular flexibility index (Phi) is 3.73. The molecule has 0 aliphatic carbocycles. The van der Waals surface area contributed by atoms with Crippen molar-refractivity contribution >= 4 is 5.78 Å². The zero-order valence-corrected chi connectivity index (χ0v) is 9.74. The molecule has 1 aromatic rings. The number of hydrogen-bond acceptors (Lipinski definition) is 2. The number of Topliss-reactive ketones (excluding diaryl/α,β-unsaturated/α-hetero) is 1. The van der Waals surface area contributed by atoms with Crippen molar-refractivity contribution in [3.8, 4) is 0 Å². The maximum absolute atomic E-state index is 11.5. The van der Waals surface area contributed by atoms with E-state index in [4.69, 9.17) is 4.74 Å². The average molecular weight is 218 g/mol. The molecule has 1 heterocycles. The third-order valence-corrected chi connectivity index (χ3v) is 3.25. The van der Waals surface area contributed by atoms with Crippen LogP contribution in [0.4, 0.5) is 0 Å². The molecule has 0 N–H and O–H groups in total. The van der Waals surface area contributed by atoms with Crippen LogP contribution < -0.4 is 0 Å². The molecular formula is C14H18O2. The summed E-state index contributed by atoms with van der Waals surface area (Å²) in [5.74, 6) is 0.844. The minimum atomic E-state index is 0.169. The Hall–Kier alpha value is -1.15. The maximum atomic E-state index is 11.5. The van der Waals surface area contributed by atoms with Gasteiger partial charge in [0.15, 0.2) is 5.78 Å². The third-order valence-electron chi connectivity index (χ3n) is 3.25. The van der Waals surface area contributed by atoms with Gasteiger partial charge in [-0.05, 0) is 37.7 Å². The Labute approximate surface area is 96.6 Å². The highest BCUT2D eigenvalue weighted by atomic mass is 16.5. The van der Waals surface area contributed by atoms with Gasteiger partial charge < -0.3 is 4.74 Å². The highest BCUT2D eigenvalue weighted by molar-refractivity contribution is 5.95. The summed E-state index contributed by atoms with van der Waals surface area (Å²) in [7, 11) is 0. The van der Waals surface area contributed by atoms with Crippen molar-refractivity contribution in [1.29, 1.82) is 0 Å². The van der Waals surface area contributed by atoms with Gasteiger partial charge in [-0.25, -0.2) is 0 Å². The second-order valence-corrected chi connectivity index (χ2v) is 4.47. The first-order valence-electron chi connectivity index (χ1n) is 5.94. The van der Waals surface area contributed by atoms with Crippen molar-refractivity contribution in [3.05, 3.63) is 35.4 Å². The van der Waals surface area contributed by atoms with Crippen molar-refractivity contribution in [2.45, 2.75) is 26.2 Å². The summed E-state index contributed by atoms with van der Waals surface area (Å²) in [4.78, 5) is 11.5. The van der Waals surface area contributed by atoms with E-state index in [0.29, 0.717) is 5.92 Å². The molecule has 0 bridgehead atoms. The summed E-state index contributed by atoms with van der Waals surface area (Å²) in [5.41, 5.74) is 2.08. The topological polar surface area (TPSA) is 26.3 Å². The average Bonchev–Trinajstić information content (AvgIpc) is 2.31. The van der Waals surface area contributed by atoms with Crippen LogP contribution in [-0.2, 0) is 11.2 Å². The molecule has 0 amide bonds. The van der Waals surface area contributed by atoms with Crippen LogP contribution in [0.15, 0.2) is 24.3 Å². The van der Waals surface area contributed by atoms with E-state index >= 15 is 0 Å². The molecule has 1 aliphatic heterocycles. The largest absolute Gasteiger partial charge is 0.381 e. The summed E-state index contributed by atoms with van der Waals surface area (Å²) in [6.45, 7) is 3.38. The lowest BCUT2D eigenvalue weighted by molar-refractivity contribution is 0.0664. The summed E-state index contributed by atoms with van der Waals surface area (Å²) in [6, 6.07) is 7.95. The molecule has 0 spiro atoms. The molecule has 2 nitrogen and oxygen atoms in total. The summed E-state index contributed by atoms with van der Waals surface area (Å²) in [6.07, 6.45) is 3.25. The van der Waals surface area contributed by atoms with Crippen molar-refractivity contribution in [3.63, 3.8) is 0 Å². The van der Waals surface area contributed by atoms with Gasteiger partial charge in [0.25, 0.3) is 0 Å². The molecule has 86 valence electrons. The van der Waals surface area contributed by atoms with E-state index < -0.39 is 0 Å². The highest BCUT2D eigenvalue weighted by Gasteiger charge is 2.16. The normalized spacial score (nSPS) is 17.3. The molecule has 2 rings (SSSR count). The van der Waals surface area contributed by atoms with Crippen LogP contribution in [0.3, 0.4) is 0 Å². The fourth-order valence-corrected chi connectivity index (χ4v) is 2.30. The zero-order chi connectivity index (χ0) is 11.4. The molecule has 1 saturated heterocycles. The molecule has 0 radical (unpaired) electrons. The molecule has 1 aromatic carbocycles. The van der Waals surface area contributed by atoms with Crippen LogP contribution in [0.1, 0.15) is 35.7 Å². The van der Waals surface area contributed by atoms with Gasteiger partial charge in [0.2, 0.25) is 0 Å². The number of ether oxygens (including phenoxy) is 1. The van der Waals surface area contributed by atoms with Crippen LogP contribution in [0.25, 0.3) is 0 Å². The van der Waals surface area contributed by atoms with Crippen LogP contribution >= 0.6 is 0 Å². The number of carbonyl (C=O) groups excluding carboxylic acids is 1. The predicted octanol–water partition coefficient (Wildman–Crippen LogP) is 2.86. The number of rotatable bonds is 3. The SMILES string of the molecule is CC(=O)c1ccccc1CC1CCOCC1. The second-order valence-electron chi connectivity index (χ2n) is 4.47. The summed E-state index contributed by atoms with van der Waals surface area (Å²) >= 11 is 0. The Bertz CT molecular complexity index is 365. The van der Waals surface area contributed by atoms with E-state index in [1.165, 1.54) is 5.56 Å². The van der Waals surface area contributed by atoms with E-state index in [1.54, 1.807) is 6.92 Å².